The van der Waals surface area contributed by atoms with E-state index >= 15 is 0 Å². The molecule has 1 N–H and O–H groups in total. The molecule has 0 saturated heterocycles. The fraction of sp³-hybridized carbons (Fsp3) is 1.00. The van der Waals surface area contributed by atoms with Gasteiger partial charge in [-0.1, -0.05) is 6.92 Å². The zero-order valence-corrected chi connectivity index (χ0v) is 5.66. The van der Waals surface area contributed by atoms with Crippen molar-refractivity contribution in [3.05, 3.63) is 0 Å². The summed E-state index contributed by atoms with van der Waals surface area (Å²) in [5, 5.41) is 0. The van der Waals surface area contributed by atoms with E-state index in [1.165, 1.54) is 6.92 Å². The van der Waals surface area contributed by atoms with Crippen LogP contribution in [0.25, 0.3) is 0 Å². The second-order valence-corrected chi connectivity index (χ2v) is 2.15. The maximum atomic E-state index is 9.56. The van der Waals surface area contributed by atoms with E-state index in [-0.39, 0.29) is 25.4 Å². The van der Waals surface area contributed by atoms with Gasteiger partial charge in [0.05, 0.1) is 0 Å². The number of rotatable bonds is 2. The third-order valence-corrected chi connectivity index (χ3v) is 0.963. The first-order valence-corrected chi connectivity index (χ1v) is 3.17. The van der Waals surface area contributed by atoms with Crippen LogP contribution < -0.4 is 23.6 Å². The molecule has 8 heavy (non-hydrogen) atoms. The van der Waals surface area contributed by atoms with Crippen LogP contribution in [0.5, 0.6) is 0 Å². The molecule has 0 aromatic heterocycles. The van der Waals surface area contributed by atoms with Crippen molar-refractivity contribution in [2.75, 3.05) is 6.54 Å². The van der Waals surface area contributed by atoms with Crippen molar-refractivity contribution in [1.29, 1.82) is 0 Å². The van der Waals surface area contributed by atoms with Crippen LogP contribution in [-0.2, 0) is 10.3 Å². The fourth-order valence-electron chi connectivity index (χ4n) is 0.177. The van der Waals surface area contributed by atoms with E-state index in [2.05, 4.69) is 0 Å². The molecule has 0 fully saturated rings. The molecule has 0 spiro atoms. The maximum absolute atomic E-state index is 9.56. The standard InChI is InChI=1S/C2H7NO3S.Li/c1-2-3-7(4,5)6;/h3H,2H2,1H3,(H,4,5,6);/q;+1/p-1. The molecule has 4 nitrogen and oxygen atoms in total. The minimum atomic E-state index is -4.17. The first-order chi connectivity index (χ1) is 3.06. The average Bonchev–Trinajstić information content (AvgIpc) is 1.30. The van der Waals surface area contributed by atoms with Gasteiger partial charge in [0, 0.05) is 6.54 Å². The summed E-state index contributed by atoms with van der Waals surface area (Å²) in [6.45, 7) is 1.70. The smallest absolute Gasteiger partial charge is 0.735 e. The van der Waals surface area contributed by atoms with Gasteiger partial charge in [0.2, 0.25) is 0 Å². The number of hydrogen-bond acceptors (Lipinski definition) is 3. The molecular formula is C2H6LiNO3S. The van der Waals surface area contributed by atoms with Gasteiger partial charge in [-0.2, -0.15) is 0 Å². The van der Waals surface area contributed by atoms with Gasteiger partial charge in [-0.05, 0) is 0 Å². The Labute approximate surface area is 60.7 Å². The Bertz CT molecular complexity index is 130. The molecule has 44 valence electrons. The van der Waals surface area contributed by atoms with Crippen LogP contribution in [0.2, 0.25) is 0 Å². The Hall–Kier alpha value is 0.467. The zero-order valence-electron chi connectivity index (χ0n) is 4.84. The second-order valence-electron chi connectivity index (χ2n) is 0.952. The van der Waals surface area contributed by atoms with E-state index in [4.69, 9.17) is 0 Å². The Kier molecular flexibility index (Phi) is 6.15. The van der Waals surface area contributed by atoms with Crippen molar-refractivity contribution in [3.8, 4) is 0 Å². The molecule has 0 atom stereocenters. The maximum Gasteiger partial charge on any atom is 1.00 e. The van der Waals surface area contributed by atoms with Gasteiger partial charge in [0.25, 0.3) is 0 Å². The molecule has 0 aliphatic carbocycles. The Morgan fingerprint density at radius 1 is 1.62 bits per heavy atom. The SMILES string of the molecule is CCNS(=O)(=O)[O-].[Li+]. The first-order valence-electron chi connectivity index (χ1n) is 1.76. The van der Waals surface area contributed by atoms with Crippen molar-refractivity contribution in [2.45, 2.75) is 6.92 Å². The molecular weight excluding hydrogens is 125 g/mol. The van der Waals surface area contributed by atoms with Gasteiger partial charge in [-0.25, -0.2) is 13.1 Å². The topological polar surface area (TPSA) is 69.2 Å². The van der Waals surface area contributed by atoms with Crippen molar-refractivity contribution in [2.24, 2.45) is 0 Å². The van der Waals surface area contributed by atoms with E-state index in [0.717, 1.165) is 0 Å². The normalized spacial score (nSPS) is 10.2. The predicted molar refractivity (Wildman–Crippen MR) is 23.4 cm³/mol. The van der Waals surface area contributed by atoms with Crippen molar-refractivity contribution < 1.29 is 31.8 Å². The molecule has 0 aromatic carbocycles. The fourth-order valence-corrected chi connectivity index (χ4v) is 0.530. The van der Waals surface area contributed by atoms with Gasteiger partial charge in [0.15, 0.2) is 10.3 Å². The Morgan fingerprint density at radius 3 is 2.00 bits per heavy atom. The van der Waals surface area contributed by atoms with Crippen molar-refractivity contribution >= 4 is 10.3 Å². The summed E-state index contributed by atoms with van der Waals surface area (Å²) in [6, 6.07) is 0. The van der Waals surface area contributed by atoms with Crippen molar-refractivity contribution in [3.63, 3.8) is 0 Å². The second kappa shape index (κ2) is 4.36. The minimum Gasteiger partial charge on any atom is -0.735 e. The van der Waals surface area contributed by atoms with E-state index in [0.29, 0.717) is 0 Å². The summed E-state index contributed by atoms with van der Waals surface area (Å²) in [5.74, 6) is 0. The zero-order chi connectivity index (χ0) is 5.91. The summed E-state index contributed by atoms with van der Waals surface area (Å²) >= 11 is 0. The van der Waals surface area contributed by atoms with Crippen LogP contribution in [0.1, 0.15) is 6.92 Å². The molecule has 6 heteroatoms. The predicted octanol–water partition coefficient (Wildman–Crippen LogP) is -3.94. The molecule has 0 amide bonds. The molecule has 0 heterocycles. The summed E-state index contributed by atoms with van der Waals surface area (Å²) in [6.07, 6.45) is 0. The van der Waals surface area contributed by atoms with Gasteiger partial charge in [0.1, 0.15) is 0 Å². The molecule has 0 aromatic rings. The molecule has 0 saturated carbocycles. The van der Waals surface area contributed by atoms with Gasteiger partial charge >= 0.3 is 18.9 Å². The molecule has 0 rings (SSSR count). The number of hydrogen-bond donors (Lipinski definition) is 1. The molecule has 0 unspecified atom stereocenters. The molecule has 0 radical (unpaired) electrons. The minimum absolute atomic E-state index is 0. The van der Waals surface area contributed by atoms with E-state index in [1.54, 1.807) is 4.72 Å². The van der Waals surface area contributed by atoms with Gasteiger partial charge in [-0.15, -0.1) is 0 Å². The third-order valence-electron chi connectivity index (χ3n) is 0.321. The first kappa shape index (κ1) is 11.3. The summed E-state index contributed by atoms with van der Waals surface area (Å²) < 4.78 is 30.4. The van der Waals surface area contributed by atoms with Gasteiger partial charge in [-0.3, -0.25) is 0 Å². The summed E-state index contributed by atoms with van der Waals surface area (Å²) in [7, 11) is -4.17. The quantitative estimate of drug-likeness (QED) is 0.307. The third kappa shape index (κ3) is 9.69. The Morgan fingerprint density at radius 2 is 2.00 bits per heavy atom. The van der Waals surface area contributed by atoms with Crippen LogP contribution in [0, 0.1) is 0 Å². The van der Waals surface area contributed by atoms with Crippen LogP contribution in [0.15, 0.2) is 0 Å². The van der Waals surface area contributed by atoms with E-state index < -0.39 is 10.3 Å². The molecule has 0 bridgehead atoms. The van der Waals surface area contributed by atoms with Crippen LogP contribution >= 0.6 is 0 Å². The van der Waals surface area contributed by atoms with Crippen LogP contribution in [0.3, 0.4) is 0 Å². The largest absolute Gasteiger partial charge is 1.00 e. The van der Waals surface area contributed by atoms with E-state index in [9.17, 15) is 13.0 Å². The Balaban J connectivity index is 0. The molecule has 0 aliphatic rings. The van der Waals surface area contributed by atoms with Crippen LogP contribution in [0.4, 0.5) is 0 Å². The van der Waals surface area contributed by atoms with Crippen molar-refractivity contribution in [1.82, 2.24) is 4.72 Å². The summed E-state index contributed by atoms with van der Waals surface area (Å²) in [4.78, 5) is 0. The van der Waals surface area contributed by atoms with Gasteiger partial charge < -0.3 is 4.55 Å². The monoisotopic (exact) mass is 131 g/mol. The van der Waals surface area contributed by atoms with E-state index in [1.807, 2.05) is 0 Å². The van der Waals surface area contributed by atoms with Crippen LogP contribution in [-0.4, -0.2) is 19.5 Å². The average molecular weight is 131 g/mol. The number of nitrogens with one attached hydrogen (secondary N) is 1. The summed E-state index contributed by atoms with van der Waals surface area (Å²) in [5.41, 5.74) is 0. The molecule has 0 aliphatic heterocycles.